The standard InChI is InChI=1S/C11H18N2O5S/c1-7(14)6-13-19(15,16)11-4-8(12)9(17-2)5-10(11)18-3/h4-5,7,13-14H,6,12H2,1-3H3. The number of benzene rings is 1. The van der Waals surface area contributed by atoms with Gasteiger partial charge in [0.05, 0.1) is 26.0 Å². The first-order chi connectivity index (χ1) is 8.81. The Labute approximate surface area is 112 Å². The van der Waals surface area contributed by atoms with Gasteiger partial charge in [-0.15, -0.1) is 0 Å². The highest BCUT2D eigenvalue weighted by Crippen LogP contribution is 2.33. The molecule has 0 aliphatic carbocycles. The van der Waals surface area contributed by atoms with E-state index in [1.807, 2.05) is 0 Å². The van der Waals surface area contributed by atoms with Crippen molar-refractivity contribution in [2.75, 3.05) is 26.5 Å². The zero-order valence-corrected chi connectivity index (χ0v) is 11.8. The lowest BCUT2D eigenvalue weighted by molar-refractivity contribution is 0.198. The van der Waals surface area contributed by atoms with Crippen molar-refractivity contribution in [2.45, 2.75) is 17.9 Å². The van der Waals surface area contributed by atoms with Gasteiger partial charge in [0, 0.05) is 12.6 Å². The van der Waals surface area contributed by atoms with Gasteiger partial charge in [-0.25, -0.2) is 13.1 Å². The molecule has 4 N–H and O–H groups in total. The van der Waals surface area contributed by atoms with E-state index in [9.17, 15) is 8.42 Å². The molecule has 0 aliphatic rings. The quantitative estimate of drug-likeness (QED) is 0.633. The molecule has 0 amide bonds. The van der Waals surface area contributed by atoms with E-state index in [0.717, 1.165) is 0 Å². The number of aliphatic hydroxyl groups is 1. The summed E-state index contributed by atoms with van der Waals surface area (Å²) < 4.78 is 36.4. The first-order valence-electron chi connectivity index (χ1n) is 5.51. The van der Waals surface area contributed by atoms with Crippen LogP contribution in [-0.4, -0.2) is 40.4 Å². The lowest BCUT2D eigenvalue weighted by atomic mass is 10.3. The lowest BCUT2D eigenvalue weighted by Crippen LogP contribution is -2.31. The van der Waals surface area contributed by atoms with Crippen LogP contribution in [0.2, 0.25) is 0 Å². The second-order valence-corrected chi connectivity index (χ2v) is 5.68. The second-order valence-electron chi connectivity index (χ2n) is 3.95. The number of sulfonamides is 1. The predicted octanol–water partition coefficient (Wildman–Crippen LogP) is -0.0549. The van der Waals surface area contributed by atoms with Crippen LogP contribution >= 0.6 is 0 Å². The summed E-state index contributed by atoms with van der Waals surface area (Å²) in [6, 6.07) is 2.65. The fraction of sp³-hybridized carbons (Fsp3) is 0.455. The zero-order valence-electron chi connectivity index (χ0n) is 11.0. The van der Waals surface area contributed by atoms with Crippen LogP contribution in [0.5, 0.6) is 11.5 Å². The third-order valence-electron chi connectivity index (χ3n) is 2.37. The maximum absolute atomic E-state index is 12.1. The van der Waals surface area contributed by atoms with Gasteiger partial charge in [-0.2, -0.15) is 0 Å². The molecule has 1 aromatic carbocycles. The number of nitrogens with two attached hydrogens (primary N) is 1. The monoisotopic (exact) mass is 290 g/mol. The molecule has 0 bridgehead atoms. The maximum atomic E-state index is 12.1. The highest BCUT2D eigenvalue weighted by Gasteiger charge is 2.22. The Hall–Kier alpha value is -1.51. The number of hydrogen-bond donors (Lipinski definition) is 3. The van der Waals surface area contributed by atoms with Gasteiger partial charge in [0.25, 0.3) is 0 Å². The predicted molar refractivity (Wildman–Crippen MR) is 70.8 cm³/mol. The number of hydrogen-bond acceptors (Lipinski definition) is 6. The van der Waals surface area contributed by atoms with Gasteiger partial charge in [0.15, 0.2) is 0 Å². The topological polar surface area (TPSA) is 111 Å². The lowest BCUT2D eigenvalue weighted by Gasteiger charge is -2.14. The molecule has 1 atom stereocenters. The van der Waals surface area contributed by atoms with E-state index in [1.54, 1.807) is 0 Å². The molecule has 1 aromatic rings. The summed E-state index contributed by atoms with van der Waals surface area (Å²) in [5.41, 5.74) is 5.87. The minimum absolute atomic E-state index is 0.0998. The number of methoxy groups -OCH3 is 2. The van der Waals surface area contributed by atoms with Crippen molar-refractivity contribution in [2.24, 2.45) is 0 Å². The van der Waals surface area contributed by atoms with Crippen molar-refractivity contribution < 1.29 is 23.0 Å². The second kappa shape index (κ2) is 6.09. The molecule has 0 radical (unpaired) electrons. The van der Waals surface area contributed by atoms with Crippen molar-refractivity contribution in [1.82, 2.24) is 4.72 Å². The first kappa shape index (κ1) is 15.5. The summed E-state index contributed by atoms with van der Waals surface area (Å²) in [5.74, 6) is 0.440. The average Bonchev–Trinajstić information content (AvgIpc) is 2.36. The minimum atomic E-state index is -3.82. The molecule has 1 rings (SSSR count). The van der Waals surface area contributed by atoms with Crippen molar-refractivity contribution in [3.63, 3.8) is 0 Å². The SMILES string of the molecule is COc1cc(OC)c(S(=O)(=O)NCC(C)O)cc1N. The van der Waals surface area contributed by atoms with Gasteiger partial charge in [0.1, 0.15) is 16.4 Å². The van der Waals surface area contributed by atoms with Crippen molar-refractivity contribution in [3.05, 3.63) is 12.1 Å². The number of ether oxygens (including phenoxy) is 2. The van der Waals surface area contributed by atoms with Crippen molar-refractivity contribution >= 4 is 15.7 Å². The fourth-order valence-corrected chi connectivity index (χ4v) is 2.72. The third kappa shape index (κ3) is 3.72. The van der Waals surface area contributed by atoms with E-state index in [0.29, 0.717) is 5.75 Å². The summed E-state index contributed by atoms with van der Waals surface area (Å²) in [7, 11) is -1.05. The number of anilines is 1. The van der Waals surface area contributed by atoms with Crippen LogP contribution in [-0.2, 0) is 10.0 Å². The zero-order chi connectivity index (χ0) is 14.6. The molecule has 1 unspecified atom stereocenters. The van der Waals surface area contributed by atoms with Gasteiger partial charge in [-0.1, -0.05) is 0 Å². The maximum Gasteiger partial charge on any atom is 0.244 e. The van der Waals surface area contributed by atoms with Crippen LogP contribution < -0.4 is 19.9 Å². The van der Waals surface area contributed by atoms with E-state index in [1.165, 1.54) is 33.3 Å². The Balaban J connectivity index is 3.22. The first-order valence-corrected chi connectivity index (χ1v) is 6.99. The van der Waals surface area contributed by atoms with Gasteiger partial charge in [0.2, 0.25) is 10.0 Å². The summed E-state index contributed by atoms with van der Waals surface area (Å²) in [6.07, 6.45) is -0.795. The van der Waals surface area contributed by atoms with Gasteiger partial charge < -0.3 is 20.3 Å². The summed E-state index contributed by atoms with van der Waals surface area (Å²) in [4.78, 5) is -0.103. The third-order valence-corrected chi connectivity index (χ3v) is 3.82. The van der Waals surface area contributed by atoms with Gasteiger partial charge in [-0.3, -0.25) is 0 Å². The molecular weight excluding hydrogens is 272 g/mol. The molecule has 0 aliphatic heterocycles. The van der Waals surface area contributed by atoms with Crippen LogP contribution in [0.1, 0.15) is 6.92 Å². The van der Waals surface area contributed by atoms with E-state index in [4.69, 9.17) is 20.3 Å². The highest BCUT2D eigenvalue weighted by molar-refractivity contribution is 7.89. The van der Waals surface area contributed by atoms with Crippen molar-refractivity contribution in [1.29, 1.82) is 0 Å². The minimum Gasteiger partial charge on any atom is -0.495 e. The van der Waals surface area contributed by atoms with E-state index in [-0.39, 0.29) is 22.9 Å². The average molecular weight is 290 g/mol. The summed E-state index contributed by atoms with van der Waals surface area (Å²) >= 11 is 0. The number of rotatable bonds is 6. The number of nitrogens with one attached hydrogen (secondary N) is 1. The van der Waals surface area contributed by atoms with Crippen LogP contribution in [0.3, 0.4) is 0 Å². The van der Waals surface area contributed by atoms with E-state index >= 15 is 0 Å². The molecule has 108 valence electrons. The van der Waals surface area contributed by atoms with E-state index < -0.39 is 16.1 Å². The Bertz CT molecular complexity index is 542. The van der Waals surface area contributed by atoms with E-state index in [2.05, 4.69) is 4.72 Å². The smallest absolute Gasteiger partial charge is 0.244 e. The van der Waals surface area contributed by atoms with Gasteiger partial charge >= 0.3 is 0 Å². The van der Waals surface area contributed by atoms with Crippen LogP contribution in [0, 0.1) is 0 Å². The molecule has 0 aromatic heterocycles. The highest BCUT2D eigenvalue weighted by atomic mass is 32.2. The molecule has 0 saturated carbocycles. The Morgan fingerprint density at radius 1 is 1.32 bits per heavy atom. The number of nitrogen functional groups attached to an aromatic ring is 1. The van der Waals surface area contributed by atoms with Gasteiger partial charge in [-0.05, 0) is 13.0 Å². The Morgan fingerprint density at radius 3 is 2.37 bits per heavy atom. The summed E-state index contributed by atoms with van der Waals surface area (Å²) in [6.45, 7) is 1.37. The number of aliphatic hydroxyl groups excluding tert-OH is 1. The molecule has 7 nitrogen and oxygen atoms in total. The molecule has 0 saturated heterocycles. The summed E-state index contributed by atoms with van der Waals surface area (Å²) in [5, 5.41) is 9.12. The van der Waals surface area contributed by atoms with Crippen LogP contribution in [0.15, 0.2) is 17.0 Å². The molecule has 0 fully saturated rings. The molecule has 19 heavy (non-hydrogen) atoms. The fourth-order valence-electron chi connectivity index (χ4n) is 1.41. The Kier molecular flexibility index (Phi) is 4.98. The largest absolute Gasteiger partial charge is 0.495 e. The molecule has 8 heteroatoms. The molecule has 0 spiro atoms. The van der Waals surface area contributed by atoms with Crippen LogP contribution in [0.25, 0.3) is 0 Å². The van der Waals surface area contributed by atoms with Crippen molar-refractivity contribution in [3.8, 4) is 11.5 Å². The molecule has 0 heterocycles. The Morgan fingerprint density at radius 2 is 1.89 bits per heavy atom. The normalized spacial score (nSPS) is 13.1. The molecular formula is C11H18N2O5S. The van der Waals surface area contributed by atoms with Crippen LogP contribution in [0.4, 0.5) is 5.69 Å².